The number of aromatic hydroxyl groups is 2. The van der Waals surface area contributed by atoms with Crippen LogP contribution in [0.3, 0.4) is 0 Å². The van der Waals surface area contributed by atoms with E-state index in [-0.39, 0.29) is 11.5 Å². The lowest BCUT2D eigenvalue weighted by Gasteiger charge is -2.07. The standard InChI is InChI=1S/C23H16O4S/c24-17-8-6-16(7-9-17)23-22(19-11-10-18(25)13-20(19)28-23)15-4-1-14(2-5-15)3-12-21(26)27/h1-13,24-25H,(H,26,27). The molecule has 0 amide bonds. The van der Waals surface area contributed by atoms with E-state index < -0.39 is 5.97 Å². The van der Waals surface area contributed by atoms with Gasteiger partial charge in [0.05, 0.1) is 0 Å². The number of rotatable bonds is 4. The van der Waals surface area contributed by atoms with Crippen molar-refractivity contribution in [1.29, 1.82) is 0 Å². The van der Waals surface area contributed by atoms with Gasteiger partial charge in [0, 0.05) is 26.6 Å². The number of carbonyl (C=O) groups is 1. The van der Waals surface area contributed by atoms with Crippen LogP contribution in [0, 0.1) is 0 Å². The molecule has 0 fully saturated rings. The van der Waals surface area contributed by atoms with E-state index in [9.17, 15) is 15.0 Å². The maximum absolute atomic E-state index is 10.7. The maximum atomic E-state index is 10.7. The summed E-state index contributed by atoms with van der Waals surface area (Å²) in [6.45, 7) is 0. The average molecular weight is 388 g/mol. The molecular weight excluding hydrogens is 372 g/mol. The Hall–Kier alpha value is -3.57. The molecule has 4 rings (SSSR count). The average Bonchev–Trinajstić information content (AvgIpc) is 3.05. The van der Waals surface area contributed by atoms with E-state index in [0.29, 0.717) is 0 Å². The Balaban J connectivity index is 1.88. The number of carboxylic acid groups (broad SMARTS) is 1. The third kappa shape index (κ3) is 3.48. The van der Waals surface area contributed by atoms with Crippen LogP contribution in [-0.2, 0) is 4.79 Å². The molecule has 28 heavy (non-hydrogen) atoms. The largest absolute Gasteiger partial charge is 0.508 e. The van der Waals surface area contributed by atoms with E-state index in [0.717, 1.165) is 43.3 Å². The van der Waals surface area contributed by atoms with Crippen molar-refractivity contribution in [3.8, 4) is 33.1 Å². The summed E-state index contributed by atoms with van der Waals surface area (Å²) in [5.41, 5.74) is 3.81. The van der Waals surface area contributed by atoms with Gasteiger partial charge in [0.1, 0.15) is 11.5 Å². The van der Waals surface area contributed by atoms with Gasteiger partial charge in [-0.25, -0.2) is 4.79 Å². The molecule has 5 heteroatoms. The fraction of sp³-hybridized carbons (Fsp3) is 0. The lowest BCUT2D eigenvalue weighted by atomic mass is 9.97. The first kappa shape index (κ1) is 17.8. The zero-order valence-corrected chi connectivity index (χ0v) is 15.5. The molecule has 0 atom stereocenters. The van der Waals surface area contributed by atoms with E-state index in [4.69, 9.17) is 5.11 Å². The van der Waals surface area contributed by atoms with Crippen molar-refractivity contribution in [2.75, 3.05) is 0 Å². The molecule has 0 radical (unpaired) electrons. The second kappa shape index (κ2) is 7.21. The Morgan fingerprint density at radius 3 is 2.14 bits per heavy atom. The van der Waals surface area contributed by atoms with Crippen LogP contribution in [0.4, 0.5) is 0 Å². The molecule has 0 bridgehead atoms. The number of fused-ring (bicyclic) bond motifs is 1. The van der Waals surface area contributed by atoms with Crippen molar-refractivity contribution < 1.29 is 20.1 Å². The van der Waals surface area contributed by atoms with Gasteiger partial charge in [-0.1, -0.05) is 24.3 Å². The Labute approximate surface area is 165 Å². The smallest absolute Gasteiger partial charge is 0.328 e. The molecule has 0 saturated heterocycles. The minimum atomic E-state index is -0.984. The fourth-order valence-corrected chi connectivity index (χ4v) is 4.38. The van der Waals surface area contributed by atoms with Gasteiger partial charge in [-0.05, 0) is 65.2 Å². The molecule has 0 unspecified atom stereocenters. The van der Waals surface area contributed by atoms with Gasteiger partial charge in [-0.2, -0.15) is 0 Å². The van der Waals surface area contributed by atoms with E-state index in [2.05, 4.69) is 0 Å². The first-order valence-corrected chi connectivity index (χ1v) is 9.39. The van der Waals surface area contributed by atoms with E-state index in [1.54, 1.807) is 41.7 Å². The molecule has 0 saturated carbocycles. The van der Waals surface area contributed by atoms with Gasteiger partial charge in [-0.15, -0.1) is 11.3 Å². The molecule has 0 aliphatic carbocycles. The second-order valence-corrected chi connectivity index (χ2v) is 7.38. The van der Waals surface area contributed by atoms with Gasteiger partial charge in [0.2, 0.25) is 0 Å². The molecule has 0 spiro atoms. The summed E-state index contributed by atoms with van der Waals surface area (Å²) >= 11 is 1.58. The molecule has 3 N–H and O–H groups in total. The van der Waals surface area contributed by atoms with Crippen LogP contribution in [0.2, 0.25) is 0 Å². The van der Waals surface area contributed by atoms with Crippen LogP contribution in [0.1, 0.15) is 5.56 Å². The summed E-state index contributed by atoms with van der Waals surface area (Å²) in [6, 6.07) is 20.0. The Morgan fingerprint density at radius 1 is 0.821 bits per heavy atom. The molecule has 0 aliphatic rings. The van der Waals surface area contributed by atoms with Crippen molar-refractivity contribution in [2.24, 2.45) is 0 Å². The first-order valence-electron chi connectivity index (χ1n) is 8.57. The van der Waals surface area contributed by atoms with Gasteiger partial charge in [0.25, 0.3) is 0 Å². The van der Waals surface area contributed by atoms with Crippen molar-refractivity contribution in [3.05, 3.63) is 78.4 Å². The van der Waals surface area contributed by atoms with Crippen LogP contribution < -0.4 is 0 Å². The van der Waals surface area contributed by atoms with Crippen LogP contribution in [-0.4, -0.2) is 21.3 Å². The van der Waals surface area contributed by atoms with Gasteiger partial charge < -0.3 is 15.3 Å². The summed E-state index contributed by atoms with van der Waals surface area (Å²) in [5, 5.41) is 29.3. The number of thiophene rings is 1. The molecule has 1 heterocycles. The van der Waals surface area contributed by atoms with Crippen molar-refractivity contribution >= 4 is 33.5 Å². The molecule has 3 aromatic carbocycles. The second-order valence-electron chi connectivity index (χ2n) is 6.33. The highest BCUT2D eigenvalue weighted by molar-refractivity contribution is 7.23. The Bertz CT molecular complexity index is 1190. The third-order valence-corrected chi connectivity index (χ3v) is 5.62. The lowest BCUT2D eigenvalue weighted by molar-refractivity contribution is -0.131. The van der Waals surface area contributed by atoms with E-state index >= 15 is 0 Å². The van der Waals surface area contributed by atoms with Gasteiger partial charge in [0.15, 0.2) is 0 Å². The molecule has 0 aliphatic heterocycles. The minimum Gasteiger partial charge on any atom is -0.508 e. The van der Waals surface area contributed by atoms with E-state index in [1.165, 1.54) is 0 Å². The van der Waals surface area contributed by atoms with Crippen LogP contribution in [0.5, 0.6) is 11.5 Å². The predicted molar refractivity (Wildman–Crippen MR) is 113 cm³/mol. The maximum Gasteiger partial charge on any atom is 0.328 e. The van der Waals surface area contributed by atoms with Crippen molar-refractivity contribution in [1.82, 2.24) is 0 Å². The number of carboxylic acids is 1. The normalized spacial score (nSPS) is 11.3. The summed E-state index contributed by atoms with van der Waals surface area (Å²) in [4.78, 5) is 11.7. The van der Waals surface area contributed by atoms with Crippen LogP contribution in [0.15, 0.2) is 72.8 Å². The van der Waals surface area contributed by atoms with Gasteiger partial charge >= 0.3 is 5.97 Å². The third-order valence-electron chi connectivity index (χ3n) is 4.42. The van der Waals surface area contributed by atoms with Gasteiger partial charge in [-0.3, -0.25) is 0 Å². The Kier molecular flexibility index (Phi) is 4.59. The monoisotopic (exact) mass is 388 g/mol. The summed E-state index contributed by atoms with van der Waals surface area (Å²) in [5.74, 6) is -0.562. The summed E-state index contributed by atoms with van der Waals surface area (Å²) in [6.07, 6.45) is 2.66. The molecule has 4 nitrogen and oxygen atoms in total. The zero-order valence-electron chi connectivity index (χ0n) is 14.7. The molecular formula is C23H16O4S. The number of aliphatic carboxylic acids is 1. The number of phenolic OH excluding ortho intramolecular Hbond substituents is 2. The van der Waals surface area contributed by atoms with E-state index in [1.807, 2.05) is 42.5 Å². The topological polar surface area (TPSA) is 77.8 Å². The number of hydrogen-bond acceptors (Lipinski definition) is 4. The predicted octanol–water partition coefficient (Wildman–Crippen LogP) is 5.74. The van der Waals surface area contributed by atoms with Crippen LogP contribution >= 0.6 is 11.3 Å². The molecule has 1 aromatic heterocycles. The number of hydrogen-bond donors (Lipinski definition) is 3. The van der Waals surface area contributed by atoms with Crippen LogP contribution in [0.25, 0.3) is 37.7 Å². The number of benzene rings is 3. The Morgan fingerprint density at radius 2 is 1.46 bits per heavy atom. The highest BCUT2D eigenvalue weighted by Gasteiger charge is 2.16. The molecule has 4 aromatic rings. The van der Waals surface area contributed by atoms with Crippen molar-refractivity contribution in [3.63, 3.8) is 0 Å². The van der Waals surface area contributed by atoms with Crippen molar-refractivity contribution in [2.45, 2.75) is 0 Å². The highest BCUT2D eigenvalue weighted by atomic mass is 32.1. The number of phenols is 2. The summed E-state index contributed by atoms with van der Waals surface area (Å²) in [7, 11) is 0. The first-order chi connectivity index (χ1) is 13.5. The SMILES string of the molecule is O=C(O)C=Cc1ccc(-c2c(-c3ccc(O)cc3)sc3cc(O)ccc23)cc1. The quantitative estimate of drug-likeness (QED) is 0.389. The lowest BCUT2D eigenvalue weighted by Crippen LogP contribution is -1.86. The fourth-order valence-electron chi connectivity index (χ4n) is 3.12. The highest BCUT2D eigenvalue weighted by Crippen LogP contribution is 2.45. The zero-order chi connectivity index (χ0) is 19.7. The summed E-state index contributed by atoms with van der Waals surface area (Å²) < 4.78 is 0.966. The minimum absolute atomic E-state index is 0.207. The molecule has 138 valence electrons.